The van der Waals surface area contributed by atoms with Gasteiger partial charge in [-0.15, -0.1) is 0 Å². The molecule has 1 atom stereocenters. The largest absolute Gasteiger partial charge is 0.454 e. The fourth-order valence-electron chi connectivity index (χ4n) is 1.52. The Hall–Kier alpha value is -2.40. The van der Waals surface area contributed by atoms with Crippen LogP contribution < -0.4 is 15.8 Å². The summed E-state index contributed by atoms with van der Waals surface area (Å²) in [5.74, 6) is -0.0663. The molecule has 0 fully saturated rings. The molecule has 0 aromatic heterocycles. The molecule has 3 N–H and O–H groups in total. The number of hydrogen-bond donors (Lipinski definition) is 2. The van der Waals surface area contributed by atoms with Crippen molar-refractivity contribution in [2.24, 2.45) is 5.73 Å². The summed E-state index contributed by atoms with van der Waals surface area (Å²) < 4.78 is 18.8. The molecule has 4 nitrogen and oxygen atoms in total. The van der Waals surface area contributed by atoms with E-state index in [0.717, 1.165) is 0 Å². The molecule has 0 aliphatic rings. The maximum atomic E-state index is 13.4. The predicted molar refractivity (Wildman–Crippen MR) is 75.2 cm³/mol. The van der Waals surface area contributed by atoms with Gasteiger partial charge in [0.05, 0.1) is 6.04 Å². The van der Waals surface area contributed by atoms with E-state index < -0.39 is 11.9 Å². The van der Waals surface area contributed by atoms with Gasteiger partial charge >= 0.3 is 0 Å². The Labute approximate surface area is 116 Å². The lowest BCUT2D eigenvalue weighted by molar-refractivity contribution is -0.117. The highest BCUT2D eigenvalue weighted by atomic mass is 19.1. The number of carbonyl (C=O) groups is 1. The minimum absolute atomic E-state index is 0.153. The number of rotatable bonds is 4. The lowest BCUT2D eigenvalue weighted by Crippen LogP contribution is -2.32. The zero-order valence-corrected chi connectivity index (χ0v) is 11.0. The zero-order valence-electron chi connectivity index (χ0n) is 11.0. The molecule has 0 saturated heterocycles. The molecular weight excluding hydrogens is 259 g/mol. The van der Waals surface area contributed by atoms with Crippen molar-refractivity contribution in [1.29, 1.82) is 0 Å². The molecular formula is C15H15FN2O2. The van der Waals surface area contributed by atoms with Gasteiger partial charge < -0.3 is 15.8 Å². The number of para-hydroxylation sites is 1. The van der Waals surface area contributed by atoms with Gasteiger partial charge in [-0.2, -0.15) is 0 Å². The van der Waals surface area contributed by atoms with Gasteiger partial charge in [-0.1, -0.05) is 12.1 Å². The van der Waals surface area contributed by atoms with E-state index in [1.807, 2.05) is 0 Å². The number of halogens is 1. The Morgan fingerprint density at radius 3 is 2.45 bits per heavy atom. The van der Waals surface area contributed by atoms with Gasteiger partial charge in [-0.3, -0.25) is 4.79 Å². The summed E-state index contributed by atoms with van der Waals surface area (Å²) in [6.07, 6.45) is 0. The minimum Gasteiger partial charge on any atom is -0.454 e. The summed E-state index contributed by atoms with van der Waals surface area (Å²) >= 11 is 0. The van der Waals surface area contributed by atoms with Crippen LogP contribution in [0.5, 0.6) is 11.5 Å². The second kappa shape index (κ2) is 6.16. The highest BCUT2D eigenvalue weighted by Gasteiger charge is 2.08. The van der Waals surface area contributed by atoms with Gasteiger partial charge in [0.25, 0.3) is 0 Å². The van der Waals surface area contributed by atoms with Crippen LogP contribution in [0.1, 0.15) is 6.92 Å². The molecule has 0 heterocycles. The third-order valence-electron chi connectivity index (χ3n) is 2.60. The van der Waals surface area contributed by atoms with Crippen LogP contribution >= 0.6 is 0 Å². The van der Waals surface area contributed by atoms with Gasteiger partial charge in [-0.25, -0.2) is 4.39 Å². The number of benzene rings is 2. The van der Waals surface area contributed by atoms with Gasteiger partial charge in [0.2, 0.25) is 5.91 Å². The summed E-state index contributed by atoms with van der Waals surface area (Å²) in [7, 11) is 0. The first-order chi connectivity index (χ1) is 9.56. The van der Waals surface area contributed by atoms with E-state index in [2.05, 4.69) is 5.32 Å². The Morgan fingerprint density at radius 1 is 1.20 bits per heavy atom. The molecule has 2 aromatic carbocycles. The van der Waals surface area contributed by atoms with Crippen LogP contribution in [0, 0.1) is 5.82 Å². The van der Waals surface area contributed by atoms with Gasteiger partial charge in [0, 0.05) is 5.69 Å². The standard InChI is InChI=1S/C15H15FN2O2/c1-10(17)15(19)18-11-6-8-12(9-7-11)20-14-5-3-2-4-13(14)16/h2-10H,17H2,1H3,(H,18,19). The van der Waals surface area contributed by atoms with E-state index in [0.29, 0.717) is 11.4 Å². The van der Waals surface area contributed by atoms with Crippen LogP contribution in [0.15, 0.2) is 48.5 Å². The lowest BCUT2D eigenvalue weighted by atomic mass is 10.2. The molecule has 5 heteroatoms. The van der Waals surface area contributed by atoms with E-state index in [1.165, 1.54) is 6.07 Å². The third kappa shape index (κ3) is 3.55. The number of hydrogen-bond acceptors (Lipinski definition) is 3. The summed E-state index contributed by atoms with van der Waals surface area (Å²) in [6.45, 7) is 1.60. The van der Waals surface area contributed by atoms with Gasteiger partial charge in [0.1, 0.15) is 5.75 Å². The van der Waals surface area contributed by atoms with Crippen LogP contribution in [-0.2, 0) is 4.79 Å². The molecule has 0 saturated carbocycles. The summed E-state index contributed by atoms with van der Waals surface area (Å²) in [4.78, 5) is 11.4. The van der Waals surface area contributed by atoms with E-state index in [4.69, 9.17) is 10.5 Å². The van der Waals surface area contributed by atoms with Crippen LogP contribution in [0.2, 0.25) is 0 Å². The average Bonchev–Trinajstić information content (AvgIpc) is 2.43. The van der Waals surface area contributed by atoms with Crippen molar-refractivity contribution in [2.75, 3.05) is 5.32 Å². The smallest absolute Gasteiger partial charge is 0.240 e. The first-order valence-corrected chi connectivity index (χ1v) is 6.15. The molecule has 0 radical (unpaired) electrons. The Kier molecular flexibility index (Phi) is 4.32. The molecule has 104 valence electrons. The number of anilines is 1. The van der Waals surface area contributed by atoms with Crippen molar-refractivity contribution in [3.05, 3.63) is 54.3 Å². The molecule has 20 heavy (non-hydrogen) atoms. The molecule has 0 spiro atoms. The number of ether oxygens (including phenoxy) is 1. The molecule has 2 aromatic rings. The fourth-order valence-corrected chi connectivity index (χ4v) is 1.52. The zero-order chi connectivity index (χ0) is 14.5. The van der Waals surface area contributed by atoms with Crippen molar-refractivity contribution in [2.45, 2.75) is 13.0 Å². The third-order valence-corrected chi connectivity index (χ3v) is 2.60. The second-order valence-corrected chi connectivity index (χ2v) is 4.33. The highest BCUT2D eigenvalue weighted by Crippen LogP contribution is 2.25. The van der Waals surface area contributed by atoms with Crippen LogP contribution in [-0.4, -0.2) is 11.9 Å². The molecule has 1 amide bonds. The number of nitrogens with one attached hydrogen (secondary N) is 1. The summed E-state index contributed by atoms with van der Waals surface area (Å²) in [5, 5.41) is 2.65. The first kappa shape index (κ1) is 14.0. The van der Waals surface area contributed by atoms with Crippen molar-refractivity contribution >= 4 is 11.6 Å². The van der Waals surface area contributed by atoms with Crippen molar-refractivity contribution in [3.63, 3.8) is 0 Å². The van der Waals surface area contributed by atoms with Crippen molar-refractivity contribution in [1.82, 2.24) is 0 Å². The quantitative estimate of drug-likeness (QED) is 0.901. The molecule has 1 unspecified atom stereocenters. The molecule has 2 rings (SSSR count). The Bertz CT molecular complexity index is 597. The van der Waals surface area contributed by atoms with E-state index >= 15 is 0 Å². The predicted octanol–water partition coefficient (Wildman–Crippen LogP) is 2.90. The first-order valence-electron chi connectivity index (χ1n) is 6.15. The van der Waals surface area contributed by atoms with Crippen molar-refractivity contribution in [3.8, 4) is 11.5 Å². The van der Waals surface area contributed by atoms with E-state index in [1.54, 1.807) is 49.4 Å². The number of carbonyl (C=O) groups excluding carboxylic acids is 1. The average molecular weight is 274 g/mol. The maximum absolute atomic E-state index is 13.4. The van der Waals surface area contributed by atoms with Gasteiger partial charge in [-0.05, 0) is 43.3 Å². The normalized spacial score (nSPS) is 11.8. The topological polar surface area (TPSA) is 64.4 Å². The molecule has 0 bridgehead atoms. The molecule has 0 aliphatic carbocycles. The van der Waals surface area contributed by atoms with Crippen LogP contribution in [0.25, 0.3) is 0 Å². The summed E-state index contributed by atoms with van der Waals surface area (Å²) in [5.41, 5.74) is 6.06. The lowest BCUT2D eigenvalue weighted by Gasteiger charge is -2.09. The number of amides is 1. The van der Waals surface area contributed by atoms with Crippen LogP contribution in [0.3, 0.4) is 0 Å². The summed E-state index contributed by atoms with van der Waals surface area (Å²) in [6, 6.07) is 12.2. The van der Waals surface area contributed by atoms with E-state index in [9.17, 15) is 9.18 Å². The van der Waals surface area contributed by atoms with Crippen LogP contribution in [0.4, 0.5) is 10.1 Å². The van der Waals surface area contributed by atoms with E-state index in [-0.39, 0.29) is 11.7 Å². The maximum Gasteiger partial charge on any atom is 0.240 e. The Balaban J connectivity index is 2.05. The number of nitrogens with two attached hydrogens (primary N) is 1. The Morgan fingerprint density at radius 2 is 1.85 bits per heavy atom. The monoisotopic (exact) mass is 274 g/mol. The second-order valence-electron chi connectivity index (χ2n) is 4.33. The van der Waals surface area contributed by atoms with Gasteiger partial charge in [0.15, 0.2) is 11.6 Å². The molecule has 0 aliphatic heterocycles. The van der Waals surface area contributed by atoms with Crippen molar-refractivity contribution < 1.29 is 13.9 Å². The minimum atomic E-state index is -0.579. The fraction of sp³-hybridized carbons (Fsp3) is 0.133. The highest BCUT2D eigenvalue weighted by molar-refractivity contribution is 5.94. The SMILES string of the molecule is CC(N)C(=O)Nc1ccc(Oc2ccccc2F)cc1.